The van der Waals surface area contributed by atoms with Crippen LogP contribution in [0.1, 0.15) is 37.2 Å². The van der Waals surface area contributed by atoms with Crippen LogP contribution in [0.3, 0.4) is 0 Å². The standard InChI is InChI=1S/C18H22N2O3/c21-10-13-8-15-7-12(13)9-20(15)14-3-1-11(2-4-14)16-5-6-17(22)19-18(16)23/h1-4,12-13,15-16,21H,5-10H2,(H,19,22,23)/t12-,13+,15?,16?/m0/s1. The van der Waals surface area contributed by atoms with Gasteiger partial charge in [0.2, 0.25) is 11.8 Å². The molecule has 1 aliphatic carbocycles. The lowest BCUT2D eigenvalue weighted by atomic mass is 9.90. The molecule has 0 radical (unpaired) electrons. The quantitative estimate of drug-likeness (QED) is 0.828. The summed E-state index contributed by atoms with van der Waals surface area (Å²) in [5, 5.41) is 11.8. The molecule has 3 fully saturated rings. The maximum absolute atomic E-state index is 12.0. The van der Waals surface area contributed by atoms with E-state index in [9.17, 15) is 14.7 Å². The molecule has 4 rings (SSSR count). The average Bonchev–Trinajstić information content (AvgIpc) is 3.15. The Morgan fingerprint density at radius 3 is 2.57 bits per heavy atom. The third-order valence-corrected chi connectivity index (χ3v) is 5.79. The first-order valence-corrected chi connectivity index (χ1v) is 8.47. The number of nitrogens with zero attached hydrogens (tertiary/aromatic N) is 1. The van der Waals surface area contributed by atoms with Crippen molar-refractivity contribution in [2.45, 2.75) is 37.6 Å². The molecule has 0 aromatic heterocycles. The maximum Gasteiger partial charge on any atom is 0.234 e. The highest BCUT2D eigenvalue weighted by molar-refractivity contribution is 6.00. The number of imide groups is 1. The minimum Gasteiger partial charge on any atom is -0.396 e. The van der Waals surface area contributed by atoms with Gasteiger partial charge in [-0.15, -0.1) is 0 Å². The number of fused-ring (bicyclic) bond motifs is 2. The minimum absolute atomic E-state index is 0.172. The van der Waals surface area contributed by atoms with E-state index in [1.165, 1.54) is 12.1 Å². The molecule has 1 saturated carbocycles. The topological polar surface area (TPSA) is 69.6 Å². The van der Waals surface area contributed by atoms with Gasteiger partial charge in [-0.05, 0) is 48.8 Å². The van der Waals surface area contributed by atoms with Crippen LogP contribution in [-0.4, -0.2) is 36.1 Å². The van der Waals surface area contributed by atoms with Gasteiger partial charge in [-0.2, -0.15) is 0 Å². The third kappa shape index (κ3) is 2.53. The predicted molar refractivity (Wildman–Crippen MR) is 86.0 cm³/mol. The van der Waals surface area contributed by atoms with Crippen LogP contribution in [0.15, 0.2) is 24.3 Å². The molecule has 5 nitrogen and oxygen atoms in total. The van der Waals surface area contributed by atoms with Gasteiger partial charge in [0.1, 0.15) is 0 Å². The van der Waals surface area contributed by atoms with Gasteiger partial charge in [0, 0.05) is 31.3 Å². The molecule has 2 saturated heterocycles. The van der Waals surface area contributed by atoms with Crippen LogP contribution < -0.4 is 10.2 Å². The van der Waals surface area contributed by atoms with Crippen molar-refractivity contribution in [2.24, 2.45) is 11.8 Å². The number of hydrogen-bond acceptors (Lipinski definition) is 4. The Labute approximate surface area is 135 Å². The number of piperidine rings is 2. The fourth-order valence-corrected chi connectivity index (χ4v) is 4.51. The summed E-state index contributed by atoms with van der Waals surface area (Å²) < 4.78 is 0. The molecular formula is C18H22N2O3. The van der Waals surface area contributed by atoms with E-state index in [2.05, 4.69) is 22.3 Å². The van der Waals surface area contributed by atoms with Gasteiger partial charge in [-0.25, -0.2) is 0 Å². The molecule has 4 atom stereocenters. The van der Waals surface area contributed by atoms with Gasteiger partial charge in [0.15, 0.2) is 0 Å². The number of carbonyl (C=O) groups is 2. The summed E-state index contributed by atoms with van der Waals surface area (Å²) in [7, 11) is 0. The summed E-state index contributed by atoms with van der Waals surface area (Å²) in [6, 6.07) is 8.76. The molecule has 2 heterocycles. The van der Waals surface area contributed by atoms with E-state index in [0.29, 0.717) is 37.3 Å². The second kappa shape index (κ2) is 5.64. The SMILES string of the molecule is O=C1CCC(c2ccc(N3C[C@@H]4CC3C[C@@H]4CO)cc2)C(=O)N1. The van der Waals surface area contributed by atoms with Crippen LogP contribution in [0.5, 0.6) is 0 Å². The van der Waals surface area contributed by atoms with Crippen LogP contribution in [0, 0.1) is 11.8 Å². The third-order valence-electron chi connectivity index (χ3n) is 5.79. The molecular weight excluding hydrogens is 292 g/mol. The van der Waals surface area contributed by atoms with Crippen molar-refractivity contribution in [3.63, 3.8) is 0 Å². The van der Waals surface area contributed by atoms with Crippen molar-refractivity contribution in [3.8, 4) is 0 Å². The number of aliphatic hydroxyl groups excluding tert-OH is 1. The Morgan fingerprint density at radius 2 is 1.96 bits per heavy atom. The largest absolute Gasteiger partial charge is 0.396 e. The van der Waals surface area contributed by atoms with Crippen molar-refractivity contribution in [1.82, 2.24) is 5.32 Å². The van der Waals surface area contributed by atoms with Crippen molar-refractivity contribution in [2.75, 3.05) is 18.1 Å². The zero-order valence-electron chi connectivity index (χ0n) is 13.1. The maximum atomic E-state index is 12.0. The average molecular weight is 314 g/mol. The van der Waals surface area contributed by atoms with Crippen LogP contribution in [-0.2, 0) is 9.59 Å². The number of nitrogens with one attached hydrogen (secondary N) is 1. The van der Waals surface area contributed by atoms with Crippen molar-refractivity contribution < 1.29 is 14.7 Å². The van der Waals surface area contributed by atoms with Crippen LogP contribution in [0.4, 0.5) is 5.69 Å². The first kappa shape index (κ1) is 14.7. The van der Waals surface area contributed by atoms with E-state index in [-0.39, 0.29) is 17.7 Å². The molecule has 23 heavy (non-hydrogen) atoms. The highest BCUT2D eigenvalue weighted by Crippen LogP contribution is 2.44. The predicted octanol–water partition coefficient (Wildman–Crippen LogP) is 1.41. The van der Waals surface area contributed by atoms with Crippen molar-refractivity contribution in [1.29, 1.82) is 0 Å². The van der Waals surface area contributed by atoms with Crippen LogP contribution in [0.25, 0.3) is 0 Å². The zero-order valence-corrected chi connectivity index (χ0v) is 13.1. The Kier molecular flexibility index (Phi) is 3.60. The smallest absolute Gasteiger partial charge is 0.234 e. The fourth-order valence-electron chi connectivity index (χ4n) is 4.51. The minimum atomic E-state index is -0.212. The summed E-state index contributed by atoms with van der Waals surface area (Å²) in [5.74, 6) is 0.517. The molecule has 122 valence electrons. The first-order valence-electron chi connectivity index (χ1n) is 8.47. The van der Waals surface area contributed by atoms with Crippen molar-refractivity contribution in [3.05, 3.63) is 29.8 Å². The number of anilines is 1. The van der Waals surface area contributed by atoms with E-state index in [1.54, 1.807) is 0 Å². The fraction of sp³-hybridized carbons (Fsp3) is 0.556. The summed E-state index contributed by atoms with van der Waals surface area (Å²) in [6.07, 6.45) is 3.27. The van der Waals surface area contributed by atoms with E-state index in [0.717, 1.165) is 18.5 Å². The highest BCUT2D eigenvalue weighted by Gasteiger charge is 2.44. The Hall–Kier alpha value is -1.88. The lowest BCUT2D eigenvalue weighted by Crippen LogP contribution is -2.39. The molecule has 2 amide bonds. The van der Waals surface area contributed by atoms with Gasteiger partial charge in [-0.3, -0.25) is 14.9 Å². The first-order chi connectivity index (χ1) is 11.2. The number of carbonyl (C=O) groups excluding carboxylic acids is 2. The zero-order chi connectivity index (χ0) is 16.0. The lowest BCUT2D eigenvalue weighted by molar-refractivity contribution is -0.134. The summed E-state index contributed by atoms with van der Waals surface area (Å²) in [5.41, 5.74) is 2.18. The van der Waals surface area contributed by atoms with E-state index >= 15 is 0 Å². The number of amides is 2. The monoisotopic (exact) mass is 314 g/mol. The molecule has 3 aliphatic rings. The van der Waals surface area contributed by atoms with Gasteiger partial charge < -0.3 is 10.0 Å². The number of benzene rings is 1. The van der Waals surface area contributed by atoms with E-state index < -0.39 is 0 Å². The highest BCUT2D eigenvalue weighted by atomic mass is 16.3. The summed E-state index contributed by atoms with van der Waals surface area (Å²) in [4.78, 5) is 25.6. The molecule has 2 bridgehead atoms. The molecule has 1 aromatic carbocycles. The second-order valence-corrected chi connectivity index (χ2v) is 7.08. The number of aliphatic hydroxyl groups is 1. The van der Waals surface area contributed by atoms with E-state index in [1.807, 2.05) is 12.1 Å². The number of rotatable bonds is 3. The van der Waals surface area contributed by atoms with Gasteiger partial charge in [0.25, 0.3) is 0 Å². The second-order valence-electron chi connectivity index (χ2n) is 7.08. The molecule has 2 unspecified atom stereocenters. The molecule has 2 aliphatic heterocycles. The lowest BCUT2D eigenvalue weighted by Gasteiger charge is -2.33. The van der Waals surface area contributed by atoms with Crippen molar-refractivity contribution >= 4 is 17.5 Å². The molecule has 0 spiro atoms. The van der Waals surface area contributed by atoms with Gasteiger partial charge >= 0.3 is 0 Å². The Balaban J connectivity index is 1.47. The Bertz CT molecular complexity index is 628. The summed E-state index contributed by atoms with van der Waals surface area (Å²) >= 11 is 0. The van der Waals surface area contributed by atoms with Gasteiger partial charge in [-0.1, -0.05) is 12.1 Å². The number of hydrogen-bond donors (Lipinski definition) is 2. The Morgan fingerprint density at radius 1 is 1.17 bits per heavy atom. The normalized spacial score (nSPS) is 33.2. The summed E-state index contributed by atoms with van der Waals surface area (Å²) in [6.45, 7) is 1.33. The van der Waals surface area contributed by atoms with Gasteiger partial charge in [0.05, 0.1) is 5.92 Å². The molecule has 5 heteroatoms. The molecule has 2 N–H and O–H groups in total. The van der Waals surface area contributed by atoms with E-state index in [4.69, 9.17) is 0 Å². The van der Waals surface area contributed by atoms with Crippen LogP contribution >= 0.6 is 0 Å². The molecule has 1 aromatic rings. The van der Waals surface area contributed by atoms with Crippen LogP contribution in [0.2, 0.25) is 0 Å².